The van der Waals surface area contributed by atoms with Crippen LogP contribution in [-0.2, 0) is 9.59 Å². The van der Waals surface area contributed by atoms with E-state index in [-0.39, 0.29) is 36.9 Å². The van der Waals surface area contributed by atoms with Gasteiger partial charge in [-0.25, -0.2) is 0 Å². The smallest absolute Gasteiger partial charge is 0.251 e. The SMILES string of the molecule is Cc1cc(C)cc(C(=O)NCC(=O)NC2CCN(CC(N)=O)CC2)c1. The first-order valence-corrected chi connectivity index (χ1v) is 8.50. The van der Waals surface area contributed by atoms with Gasteiger partial charge in [0.2, 0.25) is 11.8 Å². The molecule has 1 saturated heterocycles. The summed E-state index contributed by atoms with van der Waals surface area (Å²) < 4.78 is 0. The summed E-state index contributed by atoms with van der Waals surface area (Å²) in [6, 6.07) is 5.66. The average Bonchev–Trinajstić information content (AvgIpc) is 2.53. The molecule has 0 saturated carbocycles. The van der Waals surface area contributed by atoms with Gasteiger partial charge in [0.1, 0.15) is 0 Å². The lowest BCUT2D eigenvalue weighted by Crippen LogP contribution is -2.48. The molecule has 7 heteroatoms. The molecule has 1 aromatic carbocycles. The molecular formula is C18H26N4O3. The lowest BCUT2D eigenvalue weighted by Gasteiger charge is -2.31. The third kappa shape index (κ3) is 6.19. The van der Waals surface area contributed by atoms with Crippen molar-refractivity contribution in [2.75, 3.05) is 26.2 Å². The number of primary amides is 1. The summed E-state index contributed by atoms with van der Waals surface area (Å²) in [6.45, 7) is 5.52. The van der Waals surface area contributed by atoms with Crippen molar-refractivity contribution in [3.8, 4) is 0 Å². The predicted octanol–water partition coefficient (Wildman–Crippen LogP) is 0.0991. The number of likely N-dealkylation sites (tertiary alicyclic amines) is 1. The number of aryl methyl sites for hydroxylation is 2. The van der Waals surface area contributed by atoms with E-state index in [0.717, 1.165) is 37.1 Å². The van der Waals surface area contributed by atoms with Crippen LogP contribution in [0.4, 0.5) is 0 Å². The van der Waals surface area contributed by atoms with E-state index in [0.29, 0.717) is 5.56 Å². The molecule has 136 valence electrons. The number of hydrogen-bond donors (Lipinski definition) is 3. The van der Waals surface area contributed by atoms with Crippen molar-refractivity contribution < 1.29 is 14.4 Å². The first-order valence-electron chi connectivity index (χ1n) is 8.50. The minimum Gasteiger partial charge on any atom is -0.369 e. The Morgan fingerprint density at radius 1 is 1.12 bits per heavy atom. The van der Waals surface area contributed by atoms with Gasteiger partial charge in [0.25, 0.3) is 5.91 Å². The second kappa shape index (κ2) is 8.62. The molecule has 1 fully saturated rings. The van der Waals surface area contributed by atoms with E-state index >= 15 is 0 Å². The molecule has 1 heterocycles. The Labute approximate surface area is 147 Å². The molecule has 0 radical (unpaired) electrons. The van der Waals surface area contributed by atoms with E-state index in [1.807, 2.05) is 24.8 Å². The second-order valence-electron chi connectivity index (χ2n) is 6.64. The zero-order chi connectivity index (χ0) is 18.4. The predicted molar refractivity (Wildman–Crippen MR) is 95.0 cm³/mol. The molecule has 1 aliphatic rings. The molecule has 1 aromatic rings. The Hall–Kier alpha value is -2.41. The van der Waals surface area contributed by atoms with E-state index in [1.54, 1.807) is 12.1 Å². The van der Waals surface area contributed by atoms with Crippen molar-refractivity contribution in [3.63, 3.8) is 0 Å². The van der Waals surface area contributed by atoms with Gasteiger partial charge in [0.05, 0.1) is 13.1 Å². The zero-order valence-electron chi connectivity index (χ0n) is 14.8. The zero-order valence-corrected chi connectivity index (χ0v) is 14.8. The summed E-state index contributed by atoms with van der Waals surface area (Å²) in [5.74, 6) is -0.791. The number of carbonyl (C=O) groups excluding carboxylic acids is 3. The Balaban J connectivity index is 1.74. The summed E-state index contributed by atoms with van der Waals surface area (Å²) >= 11 is 0. The normalized spacial score (nSPS) is 15.6. The number of amides is 3. The molecule has 0 atom stereocenters. The number of carbonyl (C=O) groups is 3. The second-order valence-corrected chi connectivity index (χ2v) is 6.64. The maximum absolute atomic E-state index is 12.1. The summed E-state index contributed by atoms with van der Waals surface area (Å²) in [5, 5.41) is 5.58. The third-order valence-electron chi connectivity index (χ3n) is 4.23. The van der Waals surface area contributed by atoms with Gasteiger partial charge < -0.3 is 16.4 Å². The van der Waals surface area contributed by atoms with E-state index < -0.39 is 0 Å². The van der Waals surface area contributed by atoms with Crippen molar-refractivity contribution >= 4 is 17.7 Å². The summed E-state index contributed by atoms with van der Waals surface area (Å²) in [4.78, 5) is 37.1. The number of rotatable bonds is 6. The molecule has 4 N–H and O–H groups in total. The van der Waals surface area contributed by atoms with Crippen LogP contribution in [0.3, 0.4) is 0 Å². The molecule has 0 aliphatic carbocycles. The Bertz CT molecular complexity index is 631. The van der Waals surface area contributed by atoms with Crippen LogP contribution < -0.4 is 16.4 Å². The number of nitrogens with zero attached hydrogens (tertiary/aromatic N) is 1. The van der Waals surface area contributed by atoms with Crippen LogP contribution in [0.2, 0.25) is 0 Å². The molecule has 1 aliphatic heterocycles. The summed E-state index contributed by atoms with van der Waals surface area (Å²) in [7, 11) is 0. The standard InChI is InChI=1S/C18H26N4O3/c1-12-7-13(2)9-14(8-12)18(25)20-10-17(24)21-15-3-5-22(6-4-15)11-16(19)23/h7-9,15H,3-6,10-11H2,1-2H3,(H2,19,23)(H,20,25)(H,21,24). The number of piperidine rings is 1. The molecular weight excluding hydrogens is 320 g/mol. The topological polar surface area (TPSA) is 105 Å². The highest BCUT2D eigenvalue weighted by Crippen LogP contribution is 2.10. The van der Waals surface area contributed by atoms with E-state index in [4.69, 9.17) is 5.73 Å². The molecule has 0 bridgehead atoms. The molecule has 2 rings (SSSR count). The average molecular weight is 346 g/mol. The lowest BCUT2D eigenvalue weighted by molar-refractivity contribution is -0.122. The highest BCUT2D eigenvalue weighted by Gasteiger charge is 2.21. The molecule has 7 nitrogen and oxygen atoms in total. The maximum atomic E-state index is 12.1. The first kappa shape index (κ1) is 18.9. The molecule has 0 spiro atoms. The van der Waals surface area contributed by atoms with Crippen molar-refractivity contribution in [2.24, 2.45) is 5.73 Å². The van der Waals surface area contributed by atoms with Gasteiger partial charge in [-0.2, -0.15) is 0 Å². The van der Waals surface area contributed by atoms with Crippen LogP contribution >= 0.6 is 0 Å². The van der Waals surface area contributed by atoms with Crippen molar-refractivity contribution in [1.82, 2.24) is 15.5 Å². The van der Waals surface area contributed by atoms with Crippen molar-refractivity contribution in [1.29, 1.82) is 0 Å². The van der Waals surface area contributed by atoms with Gasteiger partial charge >= 0.3 is 0 Å². The van der Waals surface area contributed by atoms with Crippen LogP contribution in [-0.4, -0.2) is 54.8 Å². The molecule has 0 aromatic heterocycles. The van der Waals surface area contributed by atoms with Gasteiger partial charge in [0.15, 0.2) is 0 Å². The summed E-state index contributed by atoms with van der Waals surface area (Å²) in [5.41, 5.74) is 7.77. The summed E-state index contributed by atoms with van der Waals surface area (Å²) in [6.07, 6.45) is 1.54. The molecule has 25 heavy (non-hydrogen) atoms. The van der Waals surface area contributed by atoms with Crippen LogP contribution in [0.1, 0.15) is 34.3 Å². The minimum atomic E-state index is -0.336. The Morgan fingerprint density at radius 2 is 1.72 bits per heavy atom. The van der Waals surface area contributed by atoms with Gasteiger partial charge in [-0.1, -0.05) is 17.2 Å². The fraction of sp³-hybridized carbons (Fsp3) is 0.500. The first-order chi connectivity index (χ1) is 11.8. The van der Waals surface area contributed by atoms with E-state index in [9.17, 15) is 14.4 Å². The van der Waals surface area contributed by atoms with E-state index in [1.165, 1.54) is 0 Å². The van der Waals surface area contributed by atoms with Crippen LogP contribution in [0.25, 0.3) is 0 Å². The Kier molecular flexibility index (Phi) is 6.52. The molecule has 3 amide bonds. The highest BCUT2D eigenvalue weighted by atomic mass is 16.2. The van der Waals surface area contributed by atoms with Crippen molar-refractivity contribution in [3.05, 3.63) is 34.9 Å². The number of hydrogen-bond acceptors (Lipinski definition) is 4. The highest BCUT2D eigenvalue weighted by molar-refractivity contribution is 5.96. The number of benzene rings is 1. The van der Waals surface area contributed by atoms with Crippen LogP contribution in [0.15, 0.2) is 18.2 Å². The van der Waals surface area contributed by atoms with Crippen LogP contribution in [0, 0.1) is 13.8 Å². The molecule has 0 unspecified atom stereocenters. The van der Waals surface area contributed by atoms with Crippen molar-refractivity contribution in [2.45, 2.75) is 32.7 Å². The largest absolute Gasteiger partial charge is 0.369 e. The van der Waals surface area contributed by atoms with Gasteiger partial charge in [-0.3, -0.25) is 19.3 Å². The van der Waals surface area contributed by atoms with Gasteiger partial charge in [0, 0.05) is 24.7 Å². The van der Waals surface area contributed by atoms with E-state index in [2.05, 4.69) is 10.6 Å². The monoisotopic (exact) mass is 346 g/mol. The minimum absolute atomic E-state index is 0.0483. The quantitative estimate of drug-likeness (QED) is 0.679. The van der Waals surface area contributed by atoms with Gasteiger partial charge in [-0.15, -0.1) is 0 Å². The Morgan fingerprint density at radius 3 is 2.28 bits per heavy atom. The number of nitrogens with two attached hydrogens (primary N) is 1. The maximum Gasteiger partial charge on any atom is 0.251 e. The fourth-order valence-electron chi connectivity index (χ4n) is 3.10. The van der Waals surface area contributed by atoms with Crippen LogP contribution in [0.5, 0.6) is 0 Å². The number of nitrogens with one attached hydrogen (secondary N) is 2. The lowest BCUT2D eigenvalue weighted by atomic mass is 10.0. The van der Waals surface area contributed by atoms with Gasteiger partial charge in [-0.05, 0) is 38.8 Å². The third-order valence-corrected chi connectivity index (χ3v) is 4.23. The fourth-order valence-corrected chi connectivity index (χ4v) is 3.10.